The molecule has 1 N–H and O–H groups in total. The van der Waals surface area contributed by atoms with Gasteiger partial charge in [0, 0.05) is 19.3 Å². The Labute approximate surface area is 183 Å². The van der Waals surface area contributed by atoms with Crippen molar-refractivity contribution in [3.05, 3.63) is 65.4 Å². The summed E-state index contributed by atoms with van der Waals surface area (Å²) in [6.07, 6.45) is 5.64. The van der Waals surface area contributed by atoms with Gasteiger partial charge < -0.3 is 10.2 Å². The minimum absolute atomic E-state index is 0.0436. The number of aryl methyl sites for hydroxylation is 3. The summed E-state index contributed by atoms with van der Waals surface area (Å²) in [6.45, 7) is 9.53. The summed E-state index contributed by atoms with van der Waals surface area (Å²) < 4.78 is 1.69. The molecule has 1 amide bonds. The highest BCUT2D eigenvalue weighted by Crippen LogP contribution is 2.27. The van der Waals surface area contributed by atoms with E-state index in [1.165, 1.54) is 0 Å². The zero-order chi connectivity index (χ0) is 22.0. The fraction of sp³-hybridized carbons (Fsp3) is 0.417. The minimum Gasteiger partial charge on any atom is -0.368 e. The molecule has 2 atom stereocenters. The Hall–Kier alpha value is -3.22. The molecule has 3 heterocycles. The quantitative estimate of drug-likeness (QED) is 0.679. The maximum absolute atomic E-state index is 13.8. The van der Waals surface area contributed by atoms with E-state index in [0.29, 0.717) is 23.9 Å². The van der Waals surface area contributed by atoms with Crippen LogP contribution in [-0.4, -0.2) is 49.7 Å². The molecule has 7 nitrogen and oxygen atoms in total. The summed E-state index contributed by atoms with van der Waals surface area (Å²) in [5.74, 6) is 1.96. The number of carbonyl (C=O) groups is 1. The van der Waals surface area contributed by atoms with E-state index in [0.717, 1.165) is 42.0 Å². The first-order chi connectivity index (χ1) is 14.9. The normalized spacial score (nSPS) is 18.8. The number of aromatic nitrogens is 4. The first-order valence-corrected chi connectivity index (χ1v) is 10.9. The number of piperidine rings is 1. The Morgan fingerprint density at radius 3 is 2.65 bits per heavy atom. The third-order valence-electron chi connectivity index (χ3n) is 6.02. The largest absolute Gasteiger partial charge is 0.368 e. The van der Waals surface area contributed by atoms with Gasteiger partial charge in [-0.3, -0.25) is 4.79 Å². The molecule has 2 aromatic heterocycles. The molecule has 162 valence electrons. The maximum atomic E-state index is 13.8. The number of nitrogens with zero attached hydrogens (tertiary/aromatic N) is 5. The Morgan fingerprint density at radius 1 is 1.13 bits per heavy atom. The number of anilines is 1. The van der Waals surface area contributed by atoms with Gasteiger partial charge in [0.25, 0.3) is 5.91 Å². The zero-order valence-corrected chi connectivity index (χ0v) is 18.7. The van der Waals surface area contributed by atoms with Gasteiger partial charge in [-0.05, 0) is 63.3 Å². The molecule has 0 bridgehead atoms. The molecule has 4 rings (SSSR count). The van der Waals surface area contributed by atoms with Gasteiger partial charge in [-0.15, -0.1) is 0 Å². The molecule has 0 radical (unpaired) electrons. The minimum atomic E-state index is 0.0436. The Bertz CT molecular complexity index is 1060. The fourth-order valence-electron chi connectivity index (χ4n) is 4.23. The molecule has 1 aromatic carbocycles. The number of hydrogen-bond donors (Lipinski definition) is 1. The van der Waals surface area contributed by atoms with Crippen LogP contribution < -0.4 is 5.32 Å². The topological polar surface area (TPSA) is 75.9 Å². The van der Waals surface area contributed by atoms with Gasteiger partial charge in [-0.2, -0.15) is 5.10 Å². The smallest absolute Gasteiger partial charge is 0.256 e. The van der Waals surface area contributed by atoms with Gasteiger partial charge in [0.2, 0.25) is 0 Å². The highest BCUT2D eigenvalue weighted by molar-refractivity contribution is 5.98. The molecule has 7 heteroatoms. The Balaban J connectivity index is 1.61. The van der Waals surface area contributed by atoms with Crippen LogP contribution in [0.15, 0.2) is 42.9 Å². The van der Waals surface area contributed by atoms with Gasteiger partial charge in [-0.1, -0.05) is 24.6 Å². The van der Waals surface area contributed by atoms with Crippen LogP contribution in [0.25, 0.3) is 5.69 Å². The average molecular weight is 419 g/mol. The van der Waals surface area contributed by atoms with Crippen LogP contribution in [0, 0.1) is 26.7 Å². The number of likely N-dealkylation sites (tertiary alicyclic amines) is 1. The van der Waals surface area contributed by atoms with Crippen LogP contribution in [0.4, 0.5) is 5.82 Å². The van der Waals surface area contributed by atoms with E-state index in [9.17, 15) is 4.79 Å². The van der Waals surface area contributed by atoms with Gasteiger partial charge in [0.15, 0.2) is 0 Å². The summed E-state index contributed by atoms with van der Waals surface area (Å²) in [5, 5.41) is 7.87. The zero-order valence-electron chi connectivity index (χ0n) is 18.7. The van der Waals surface area contributed by atoms with Crippen molar-refractivity contribution in [3.8, 4) is 5.69 Å². The van der Waals surface area contributed by atoms with Crippen molar-refractivity contribution >= 4 is 11.7 Å². The summed E-state index contributed by atoms with van der Waals surface area (Å²) in [4.78, 5) is 24.5. The predicted molar refractivity (Wildman–Crippen MR) is 122 cm³/mol. The van der Waals surface area contributed by atoms with Crippen LogP contribution >= 0.6 is 0 Å². The van der Waals surface area contributed by atoms with E-state index in [4.69, 9.17) is 0 Å². The van der Waals surface area contributed by atoms with E-state index in [-0.39, 0.29) is 11.9 Å². The standard InChI is InChI=1S/C24H30N6O/c1-16-7-9-21(30-15-27-19(4)28-30)20(12-16)24(31)29-11-5-6-18(3)22(29)14-26-23-10-8-17(2)13-25-23/h7-10,12-13,15,18,22H,5-6,11,14H2,1-4H3,(H,25,26)/t18?,22-/m1/s1. The summed E-state index contributed by atoms with van der Waals surface area (Å²) in [7, 11) is 0. The van der Waals surface area contributed by atoms with Gasteiger partial charge in [0.05, 0.1) is 17.3 Å². The molecule has 1 aliphatic heterocycles. The molecule has 1 aliphatic rings. The van der Waals surface area contributed by atoms with Crippen LogP contribution in [0.2, 0.25) is 0 Å². The Morgan fingerprint density at radius 2 is 1.94 bits per heavy atom. The lowest BCUT2D eigenvalue weighted by atomic mass is 9.89. The lowest BCUT2D eigenvalue weighted by Gasteiger charge is -2.40. The van der Waals surface area contributed by atoms with Gasteiger partial charge in [0.1, 0.15) is 18.0 Å². The van der Waals surface area contributed by atoms with Crippen LogP contribution in [-0.2, 0) is 0 Å². The molecule has 1 fully saturated rings. The summed E-state index contributed by atoms with van der Waals surface area (Å²) in [5.41, 5.74) is 3.61. The molecule has 0 spiro atoms. The van der Waals surface area contributed by atoms with E-state index < -0.39 is 0 Å². The molecular weight excluding hydrogens is 388 g/mol. The van der Waals surface area contributed by atoms with Crippen molar-refractivity contribution < 1.29 is 4.79 Å². The van der Waals surface area contributed by atoms with Crippen molar-refractivity contribution in [1.29, 1.82) is 0 Å². The third kappa shape index (κ3) is 4.60. The molecular formula is C24H30N6O. The SMILES string of the molecule is Cc1ccc(NC[C@@H]2C(C)CCCN2C(=O)c2cc(C)ccc2-n2cnc(C)n2)nc1. The highest BCUT2D eigenvalue weighted by Gasteiger charge is 2.33. The van der Waals surface area contributed by atoms with E-state index in [1.807, 2.05) is 62.2 Å². The van der Waals surface area contributed by atoms with Gasteiger partial charge in [-0.25, -0.2) is 14.6 Å². The monoisotopic (exact) mass is 418 g/mol. The number of pyridine rings is 1. The number of benzene rings is 1. The fourth-order valence-corrected chi connectivity index (χ4v) is 4.23. The summed E-state index contributed by atoms with van der Waals surface area (Å²) in [6, 6.07) is 10.0. The molecule has 1 unspecified atom stereocenters. The van der Waals surface area contributed by atoms with Crippen LogP contribution in [0.1, 0.15) is 47.1 Å². The lowest BCUT2D eigenvalue weighted by molar-refractivity contribution is 0.0540. The van der Waals surface area contributed by atoms with E-state index in [2.05, 4.69) is 27.3 Å². The second-order valence-electron chi connectivity index (χ2n) is 8.54. The van der Waals surface area contributed by atoms with Crippen molar-refractivity contribution in [2.45, 2.75) is 46.6 Å². The Kier molecular flexibility index (Phi) is 6.02. The van der Waals surface area contributed by atoms with Crippen molar-refractivity contribution in [3.63, 3.8) is 0 Å². The summed E-state index contributed by atoms with van der Waals surface area (Å²) >= 11 is 0. The van der Waals surface area contributed by atoms with Crippen molar-refractivity contribution in [1.82, 2.24) is 24.6 Å². The maximum Gasteiger partial charge on any atom is 0.256 e. The second-order valence-corrected chi connectivity index (χ2v) is 8.54. The lowest BCUT2D eigenvalue weighted by Crippen LogP contribution is -2.51. The first kappa shape index (κ1) is 21.0. The predicted octanol–water partition coefficient (Wildman–Crippen LogP) is 3.94. The number of rotatable bonds is 5. The van der Waals surface area contributed by atoms with Crippen molar-refractivity contribution in [2.24, 2.45) is 5.92 Å². The molecule has 3 aromatic rings. The van der Waals surface area contributed by atoms with E-state index in [1.54, 1.807) is 11.0 Å². The molecule has 0 aliphatic carbocycles. The van der Waals surface area contributed by atoms with Gasteiger partial charge >= 0.3 is 0 Å². The number of carbonyl (C=O) groups excluding carboxylic acids is 1. The number of hydrogen-bond acceptors (Lipinski definition) is 5. The molecule has 31 heavy (non-hydrogen) atoms. The number of nitrogens with one attached hydrogen (secondary N) is 1. The van der Waals surface area contributed by atoms with Crippen LogP contribution in [0.3, 0.4) is 0 Å². The second kappa shape index (κ2) is 8.88. The van der Waals surface area contributed by atoms with E-state index >= 15 is 0 Å². The average Bonchev–Trinajstić information content (AvgIpc) is 3.19. The first-order valence-electron chi connectivity index (χ1n) is 10.9. The third-order valence-corrected chi connectivity index (χ3v) is 6.02. The van der Waals surface area contributed by atoms with Crippen LogP contribution in [0.5, 0.6) is 0 Å². The number of amides is 1. The molecule has 1 saturated heterocycles. The highest BCUT2D eigenvalue weighted by atomic mass is 16.2. The van der Waals surface area contributed by atoms with Crippen molar-refractivity contribution in [2.75, 3.05) is 18.4 Å². The molecule has 0 saturated carbocycles.